The number of rotatable bonds is 7. The van der Waals surface area contributed by atoms with Gasteiger partial charge < -0.3 is 20.7 Å². The van der Waals surface area contributed by atoms with Crippen LogP contribution in [-0.4, -0.2) is 35.9 Å². The lowest BCUT2D eigenvalue weighted by molar-refractivity contribution is 0.0957. The van der Waals surface area contributed by atoms with E-state index in [-0.39, 0.29) is 39.0 Å². The highest BCUT2D eigenvalue weighted by atomic mass is 32.1. The molecule has 2 amide bonds. The minimum atomic E-state index is -0.849. The van der Waals surface area contributed by atoms with Gasteiger partial charge in [0.2, 0.25) is 0 Å². The molecule has 3 N–H and O–H groups in total. The Morgan fingerprint density at radius 3 is 2.44 bits per heavy atom. The number of pyridine rings is 1. The molecule has 0 saturated carbocycles. The van der Waals surface area contributed by atoms with Crippen LogP contribution in [-0.2, 0) is 0 Å². The first-order chi connectivity index (χ1) is 17.3. The van der Waals surface area contributed by atoms with E-state index >= 15 is 0 Å². The number of amides is 2. The molecule has 0 radical (unpaired) electrons. The standard InChI is InChI=1S/C24H18F3N5O3S/c1-28-22(33)18-11-14(7-8-30-18)35-19-6-4-13(10-17(19)27)31-23(34)20-21(36-24(29-2)32-20)15-5-3-12(25)9-16(15)26/h3-11H,1-2H3,(H,28,33)(H,29,32)(H,31,34). The molecule has 184 valence electrons. The number of thiazole rings is 1. The molecule has 2 aromatic heterocycles. The monoisotopic (exact) mass is 513 g/mol. The van der Waals surface area contributed by atoms with Gasteiger partial charge in [-0.15, -0.1) is 0 Å². The van der Waals surface area contributed by atoms with Crippen LogP contribution >= 0.6 is 11.3 Å². The fourth-order valence-electron chi connectivity index (χ4n) is 3.14. The highest BCUT2D eigenvalue weighted by Crippen LogP contribution is 2.35. The zero-order chi connectivity index (χ0) is 25.8. The molecule has 36 heavy (non-hydrogen) atoms. The number of hydrogen-bond acceptors (Lipinski definition) is 7. The van der Waals surface area contributed by atoms with Crippen molar-refractivity contribution in [1.82, 2.24) is 15.3 Å². The predicted molar refractivity (Wildman–Crippen MR) is 129 cm³/mol. The zero-order valence-corrected chi connectivity index (χ0v) is 19.7. The number of nitrogens with one attached hydrogen (secondary N) is 3. The normalized spacial score (nSPS) is 10.6. The molecule has 0 aliphatic rings. The van der Waals surface area contributed by atoms with Crippen LogP contribution in [0.4, 0.5) is 24.0 Å². The van der Waals surface area contributed by atoms with Crippen LogP contribution in [0.3, 0.4) is 0 Å². The molecule has 0 bridgehead atoms. The lowest BCUT2D eigenvalue weighted by atomic mass is 10.1. The van der Waals surface area contributed by atoms with Crippen molar-refractivity contribution in [1.29, 1.82) is 0 Å². The van der Waals surface area contributed by atoms with Crippen molar-refractivity contribution in [3.63, 3.8) is 0 Å². The molecule has 0 spiro atoms. The molecule has 4 aromatic rings. The summed E-state index contributed by atoms with van der Waals surface area (Å²) in [5.74, 6) is -3.50. The third-order valence-electron chi connectivity index (χ3n) is 4.84. The number of aromatic nitrogens is 2. The number of halogens is 3. The Hall–Kier alpha value is -4.45. The van der Waals surface area contributed by atoms with E-state index < -0.39 is 29.3 Å². The summed E-state index contributed by atoms with van der Waals surface area (Å²) in [4.78, 5) is 32.9. The first-order valence-electron chi connectivity index (χ1n) is 10.4. The van der Waals surface area contributed by atoms with Crippen molar-refractivity contribution in [3.8, 4) is 21.9 Å². The summed E-state index contributed by atoms with van der Waals surface area (Å²) in [5.41, 5.74) is 0.0742. The Morgan fingerprint density at radius 1 is 0.944 bits per heavy atom. The van der Waals surface area contributed by atoms with Crippen molar-refractivity contribution in [2.75, 3.05) is 24.7 Å². The van der Waals surface area contributed by atoms with Crippen LogP contribution in [0, 0.1) is 17.5 Å². The van der Waals surface area contributed by atoms with Crippen LogP contribution < -0.4 is 20.7 Å². The van der Waals surface area contributed by atoms with E-state index in [0.717, 1.165) is 23.5 Å². The van der Waals surface area contributed by atoms with Crippen molar-refractivity contribution in [2.24, 2.45) is 0 Å². The van der Waals surface area contributed by atoms with E-state index in [4.69, 9.17) is 4.74 Å². The number of nitrogens with zero attached hydrogens (tertiary/aromatic N) is 2. The molecule has 12 heteroatoms. The fraction of sp³-hybridized carbons (Fsp3) is 0.0833. The molecule has 0 fully saturated rings. The van der Waals surface area contributed by atoms with Gasteiger partial charge in [-0.05, 0) is 30.3 Å². The number of carbonyl (C=O) groups excluding carboxylic acids is 2. The number of carbonyl (C=O) groups is 2. The number of ether oxygens (including phenoxy) is 1. The molecule has 2 aromatic carbocycles. The van der Waals surface area contributed by atoms with Crippen molar-refractivity contribution in [3.05, 3.63) is 83.6 Å². The SMILES string of the molecule is CNC(=O)c1cc(Oc2ccc(NC(=O)c3nc(NC)sc3-c3ccc(F)cc3F)cc2F)ccn1. The quantitative estimate of drug-likeness (QED) is 0.319. The van der Waals surface area contributed by atoms with Crippen molar-refractivity contribution >= 4 is 34.0 Å². The summed E-state index contributed by atoms with van der Waals surface area (Å²) in [6.45, 7) is 0. The molecule has 0 aliphatic carbocycles. The average Bonchev–Trinajstić information content (AvgIpc) is 3.30. The van der Waals surface area contributed by atoms with E-state index in [2.05, 4.69) is 25.9 Å². The number of hydrogen-bond donors (Lipinski definition) is 3. The summed E-state index contributed by atoms with van der Waals surface area (Å²) >= 11 is 1.01. The van der Waals surface area contributed by atoms with Crippen LogP contribution in [0.15, 0.2) is 54.7 Å². The van der Waals surface area contributed by atoms with Crippen LogP contribution in [0.5, 0.6) is 11.5 Å². The molecule has 0 saturated heterocycles. The maximum atomic E-state index is 14.7. The fourth-order valence-corrected chi connectivity index (χ4v) is 4.09. The van der Waals surface area contributed by atoms with Gasteiger partial charge in [0.05, 0.1) is 4.88 Å². The number of anilines is 2. The molecule has 2 heterocycles. The summed E-state index contributed by atoms with van der Waals surface area (Å²) in [6.07, 6.45) is 1.35. The smallest absolute Gasteiger partial charge is 0.275 e. The lowest BCUT2D eigenvalue weighted by Crippen LogP contribution is -2.18. The summed E-state index contributed by atoms with van der Waals surface area (Å²) in [6, 6.07) is 9.56. The zero-order valence-electron chi connectivity index (χ0n) is 18.9. The van der Waals surface area contributed by atoms with E-state index in [1.807, 2.05) is 0 Å². The number of benzene rings is 2. The predicted octanol–water partition coefficient (Wildman–Crippen LogP) is 5.07. The summed E-state index contributed by atoms with van der Waals surface area (Å²) in [7, 11) is 3.04. The molecular weight excluding hydrogens is 495 g/mol. The molecular formula is C24H18F3N5O3S. The van der Waals surface area contributed by atoms with Gasteiger partial charge in [-0.25, -0.2) is 18.2 Å². The van der Waals surface area contributed by atoms with E-state index in [9.17, 15) is 22.8 Å². The van der Waals surface area contributed by atoms with Crippen molar-refractivity contribution in [2.45, 2.75) is 0 Å². The summed E-state index contributed by atoms with van der Waals surface area (Å²) < 4.78 is 48.0. The Balaban J connectivity index is 1.56. The second-order valence-corrected chi connectivity index (χ2v) is 8.23. The molecule has 8 nitrogen and oxygen atoms in total. The van der Waals surface area contributed by atoms with Gasteiger partial charge >= 0.3 is 0 Å². The summed E-state index contributed by atoms with van der Waals surface area (Å²) in [5, 5.41) is 8.08. The van der Waals surface area contributed by atoms with E-state index in [0.29, 0.717) is 11.2 Å². The topological polar surface area (TPSA) is 105 Å². The Labute approximate surface area is 207 Å². The Kier molecular flexibility index (Phi) is 7.15. The van der Waals surface area contributed by atoms with Gasteiger partial charge in [0, 0.05) is 49.7 Å². The molecule has 0 atom stereocenters. The van der Waals surface area contributed by atoms with Crippen LogP contribution in [0.1, 0.15) is 21.0 Å². The van der Waals surface area contributed by atoms with Gasteiger partial charge in [0.25, 0.3) is 11.8 Å². The second kappa shape index (κ2) is 10.4. The molecule has 0 unspecified atom stereocenters. The third-order valence-corrected chi connectivity index (χ3v) is 5.95. The van der Waals surface area contributed by atoms with Crippen LogP contribution in [0.25, 0.3) is 10.4 Å². The minimum Gasteiger partial charge on any atom is -0.454 e. The first-order valence-corrected chi connectivity index (χ1v) is 11.2. The first kappa shape index (κ1) is 24.7. The van der Waals surface area contributed by atoms with Gasteiger partial charge in [0.1, 0.15) is 28.8 Å². The molecule has 4 rings (SSSR count). The van der Waals surface area contributed by atoms with E-state index in [1.165, 1.54) is 43.6 Å². The van der Waals surface area contributed by atoms with Gasteiger partial charge in [-0.2, -0.15) is 0 Å². The average molecular weight is 514 g/mol. The highest BCUT2D eigenvalue weighted by Gasteiger charge is 2.22. The second-order valence-electron chi connectivity index (χ2n) is 7.23. The maximum absolute atomic E-state index is 14.7. The third kappa shape index (κ3) is 5.28. The highest BCUT2D eigenvalue weighted by molar-refractivity contribution is 7.19. The molecule has 0 aliphatic heterocycles. The Bertz CT molecular complexity index is 1460. The maximum Gasteiger partial charge on any atom is 0.275 e. The van der Waals surface area contributed by atoms with Crippen LogP contribution in [0.2, 0.25) is 0 Å². The van der Waals surface area contributed by atoms with Gasteiger partial charge in [0.15, 0.2) is 16.7 Å². The van der Waals surface area contributed by atoms with Gasteiger partial charge in [-0.1, -0.05) is 11.3 Å². The minimum absolute atomic E-state index is 0.00366. The van der Waals surface area contributed by atoms with E-state index in [1.54, 1.807) is 7.05 Å². The van der Waals surface area contributed by atoms with Crippen molar-refractivity contribution < 1.29 is 27.5 Å². The largest absolute Gasteiger partial charge is 0.454 e. The lowest BCUT2D eigenvalue weighted by Gasteiger charge is -2.10. The Morgan fingerprint density at radius 2 is 1.75 bits per heavy atom. The van der Waals surface area contributed by atoms with Gasteiger partial charge in [-0.3, -0.25) is 14.6 Å².